The molecular weight excluding hydrogens is 400 g/mol. The third-order valence-corrected chi connectivity index (χ3v) is 6.36. The molecule has 6 heteroatoms. The quantitative estimate of drug-likeness (QED) is 0.405. The van der Waals surface area contributed by atoms with Gasteiger partial charge in [-0.05, 0) is 24.3 Å². The highest BCUT2D eigenvalue weighted by molar-refractivity contribution is 8.26. The fourth-order valence-corrected chi connectivity index (χ4v) is 4.54. The standard InChI is InChI=1S/C23H22N2O2S2/c1-16(15-27-18-8-4-3-5-9-18)13-25-14-17(19-10-6-7-11-20(19)25)12-21-22(26)24(2)23(28)29-21/h3-12,14,16H,13,15H2,1-2H3/b21-12-/t16-/m1/s1. The molecule has 1 aliphatic heterocycles. The van der Waals surface area contributed by atoms with Crippen molar-refractivity contribution in [3.8, 4) is 5.75 Å². The third-order valence-electron chi connectivity index (χ3n) is 4.88. The molecule has 1 saturated heterocycles. The zero-order chi connectivity index (χ0) is 20.4. The Hall–Kier alpha value is -2.57. The molecule has 148 valence electrons. The predicted octanol–water partition coefficient (Wildman–Crippen LogP) is 5.19. The number of hydrogen-bond donors (Lipinski definition) is 0. The lowest BCUT2D eigenvalue weighted by Gasteiger charge is -2.15. The molecule has 1 amide bonds. The van der Waals surface area contributed by atoms with Crippen molar-refractivity contribution >= 4 is 51.2 Å². The first-order chi connectivity index (χ1) is 14.0. The Kier molecular flexibility index (Phi) is 5.74. The molecule has 1 atom stereocenters. The summed E-state index contributed by atoms with van der Waals surface area (Å²) in [5.41, 5.74) is 2.18. The molecule has 1 aliphatic rings. The van der Waals surface area contributed by atoms with Gasteiger partial charge in [-0.3, -0.25) is 9.69 Å². The second-order valence-electron chi connectivity index (χ2n) is 7.22. The Bertz CT molecular complexity index is 1090. The van der Waals surface area contributed by atoms with Gasteiger partial charge in [0.25, 0.3) is 5.91 Å². The molecule has 0 saturated carbocycles. The second-order valence-corrected chi connectivity index (χ2v) is 8.90. The zero-order valence-electron chi connectivity index (χ0n) is 16.4. The van der Waals surface area contributed by atoms with Crippen molar-refractivity contribution in [3.63, 3.8) is 0 Å². The number of carbonyl (C=O) groups is 1. The van der Waals surface area contributed by atoms with E-state index in [1.807, 2.05) is 48.5 Å². The van der Waals surface area contributed by atoms with Crippen molar-refractivity contribution in [2.75, 3.05) is 13.7 Å². The summed E-state index contributed by atoms with van der Waals surface area (Å²) in [6.07, 6.45) is 4.07. The number of ether oxygens (including phenoxy) is 1. The lowest BCUT2D eigenvalue weighted by Crippen LogP contribution is -2.22. The SMILES string of the molecule is C[C@@H](COc1ccccc1)Cn1cc(/C=C2\SC(=S)N(C)C2=O)c2ccccc21. The van der Waals surface area contributed by atoms with Gasteiger partial charge >= 0.3 is 0 Å². The average Bonchev–Trinajstić information content (AvgIpc) is 3.20. The van der Waals surface area contributed by atoms with Crippen LogP contribution < -0.4 is 4.74 Å². The van der Waals surface area contributed by atoms with E-state index in [0.29, 0.717) is 21.8 Å². The van der Waals surface area contributed by atoms with Crippen molar-refractivity contribution in [2.45, 2.75) is 13.5 Å². The van der Waals surface area contributed by atoms with Crippen LogP contribution in [0, 0.1) is 5.92 Å². The van der Waals surface area contributed by atoms with E-state index in [1.54, 1.807) is 7.05 Å². The molecule has 2 heterocycles. The fourth-order valence-electron chi connectivity index (χ4n) is 3.37. The van der Waals surface area contributed by atoms with Crippen molar-refractivity contribution < 1.29 is 9.53 Å². The lowest BCUT2D eigenvalue weighted by atomic mass is 10.1. The molecule has 29 heavy (non-hydrogen) atoms. The van der Waals surface area contributed by atoms with Gasteiger partial charge in [0.1, 0.15) is 10.1 Å². The number of para-hydroxylation sites is 2. The molecule has 4 nitrogen and oxygen atoms in total. The Morgan fingerprint density at radius 2 is 1.86 bits per heavy atom. The first-order valence-corrected chi connectivity index (χ1v) is 10.7. The van der Waals surface area contributed by atoms with Gasteiger partial charge < -0.3 is 9.30 Å². The van der Waals surface area contributed by atoms with Crippen LogP contribution in [0.4, 0.5) is 0 Å². The van der Waals surface area contributed by atoms with Crippen molar-refractivity contribution in [2.24, 2.45) is 5.92 Å². The van der Waals surface area contributed by atoms with Gasteiger partial charge in [-0.2, -0.15) is 0 Å². The van der Waals surface area contributed by atoms with E-state index in [2.05, 4.69) is 29.8 Å². The number of likely N-dealkylation sites (N-methyl/N-ethyl adjacent to an activating group) is 1. The summed E-state index contributed by atoms with van der Waals surface area (Å²) in [5.74, 6) is 1.17. The van der Waals surface area contributed by atoms with E-state index >= 15 is 0 Å². The highest BCUT2D eigenvalue weighted by Gasteiger charge is 2.29. The highest BCUT2D eigenvalue weighted by atomic mass is 32.2. The number of thioether (sulfide) groups is 1. The van der Waals surface area contributed by atoms with Gasteiger partial charge in [-0.1, -0.05) is 67.3 Å². The summed E-state index contributed by atoms with van der Waals surface area (Å²) in [6, 6.07) is 18.2. The van der Waals surface area contributed by atoms with Crippen molar-refractivity contribution in [1.82, 2.24) is 9.47 Å². The summed E-state index contributed by atoms with van der Waals surface area (Å²) in [7, 11) is 1.72. The van der Waals surface area contributed by atoms with Crippen molar-refractivity contribution in [1.29, 1.82) is 0 Å². The van der Waals surface area contributed by atoms with Gasteiger partial charge in [0.2, 0.25) is 0 Å². The Balaban J connectivity index is 1.56. The van der Waals surface area contributed by atoms with Crippen LogP contribution in [-0.4, -0.2) is 33.3 Å². The third kappa shape index (κ3) is 4.23. The molecule has 0 bridgehead atoms. The Morgan fingerprint density at radius 3 is 2.59 bits per heavy atom. The van der Waals surface area contributed by atoms with Gasteiger partial charge in [0, 0.05) is 42.2 Å². The maximum absolute atomic E-state index is 12.4. The first kappa shape index (κ1) is 19.7. The molecule has 1 aromatic heterocycles. The van der Waals surface area contributed by atoms with Crippen LogP contribution in [0.1, 0.15) is 12.5 Å². The van der Waals surface area contributed by atoms with E-state index in [0.717, 1.165) is 28.8 Å². The van der Waals surface area contributed by atoms with Crippen LogP contribution >= 0.6 is 24.0 Å². The molecular formula is C23H22N2O2S2. The van der Waals surface area contributed by atoms with Gasteiger partial charge in [0.15, 0.2) is 0 Å². The summed E-state index contributed by atoms with van der Waals surface area (Å²) in [6.45, 7) is 3.65. The lowest BCUT2D eigenvalue weighted by molar-refractivity contribution is -0.121. The number of amides is 1. The average molecular weight is 423 g/mol. The highest BCUT2D eigenvalue weighted by Crippen LogP contribution is 2.33. The summed E-state index contributed by atoms with van der Waals surface area (Å²) in [4.78, 5) is 14.6. The van der Waals surface area contributed by atoms with Crippen LogP contribution in [0.3, 0.4) is 0 Å². The molecule has 0 unspecified atom stereocenters. The van der Waals surface area contributed by atoms with Crippen LogP contribution in [-0.2, 0) is 11.3 Å². The minimum absolute atomic E-state index is 0.0403. The predicted molar refractivity (Wildman–Crippen MR) is 124 cm³/mol. The normalized spacial score (nSPS) is 16.8. The molecule has 1 fully saturated rings. The minimum Gasteiger partial charge on any atom is -0.493 e. The molecule has 4 rings (SSSR count). The maximum atomic E-state index is 12.4. The largest absolute Gasteiger partial charge is 0.493 e. The molecule has 0 aliphatic carbocycles. The summed E-state index contributed by atoms with van der Waals surface area (Å²) < 4.78 is 8.75. The minimum atomic E-state index is -0.0403. The number of rotatable bonds is 6. The molecule has 0 radical (unpaired) electrons. The molecule has 3 aromatic rings. The van der Waals surface area contributed by atoms with E-state index in [4.69, 9.17) is 17.0 Å². The molecule has 0 spiro atoms. The van der Waals surface area contributed by atoms with Gasteiger partial charge in [-0.25, -0.2) is 0 Å². The van der Waals surface area contributed by atoms with Gasteiger partial charge in [0.05, 0.1) is 11.5 Å². The smallest absolute Gasteiger partial charge is 0.265 e. The van der Waals surface area contributed by atoms with E-state index < -0.39 is 0 Å². The monoisotopic (exact) mass is 422 g/mol. The summed E-state index contributed by atoms with van der Waals surface area (Å²) >= 11 is 6.60. The number of hydrogen-bond acceptors (Lipinski definition) is 4. The number of fused-ring (bicyclic) bond motifs is 1. The zero-order valence-corrected chi connectivity index (χ0v) is 18.0. The maximum Gasteiger partial charge on any atom is 0.265 e. The number of aromatic nitrogens is 1. The number of carbonyl (C=O) groups excluding carboxylic acids is 1. The van der Waals surface area contributed by atoms with Crippen LogP contribution in [0.2, 0.25) is 0 Å². The topological polar surface area (TPSA) is 34.5 Å². The van der Waals surface area contributed by atoms with Crippen LogP contribution in [0.15, 0.2) is 65.7 Å². The van der Waals surface area contributed by atoms with E-state index in [-0.39, 0.29) is 5.91 Å². The van der Waals surface area contributed by atoms with Gasteiger partial charge in [-0.15, -0.1) is 0 Å². The Labute approximate surface area is 180 Å². The Morgan fingerprint density at radius 1 is 1.14 bits per heavy atom. The molecule has 0 N–H and O–H groups in total. The second kappa shape index (κ2) is 8.43. The number of nitrogens with zero attached hydrogens (tertiary/aromatic N) is 2. The first-order valence-electron chi connectivity index (χ1n) is 9.50. The van der Waals surface area contributed by atoms with Crippen LogP contribution in [0.5, 0.6) is 5.75 Å². The van der Waals surface area contributed by atoms with E-state index in [1.165, 1.54) is 16.7 Å². The number of thiocarbonyl (C=S) groups is 1. The fraction of sp³-hybridized carbons (Fsp3) is 0.217. The van der Waals surface area contributed by atoms with Crippen molar-refractivity contribution in [3.05, 3.63) is 71.3 Å². The number of benzene rings is 2. The summed E-state index contributed by atoms with van der Waals surface area (Å²) in [5, 5.41) is 1.13. The van der Waals surface area contributed by atoms with E-state index in [9.17, 15) is 4.79 Å². The molecule has 2 aromatic carbocycles. The van der Waals surface area contributed by atoms with Crippen LogP contribution in [0.25, 0.3) is 17.0 Å².